The minimum atomic E-state index is 0.845. The van der Waals surface area contributed by atoms with Crippen LogP contribution in [0.1, 0.15) is 51.9 Å². The van der Waals surface area contributed by atoms with Crippen LogP contribution in [-0.2, 0) is 0 Å². The molecular weight excluding hydrogens is 172 g/mol. The van der Waals surface area contributed by atoms with Crippen molar-refractivity contribution >= 4 is 0 Å². The average molecular weight is 198 g/mol. The van der Waals surface area contributed by atoms with Crippen molar-refractivity contribution in [1.82, 2.24) is 4.90 Å². The molecule has 0 amide bonds. The molecule has 1 saturated carbocycles. The quantitative estimate of drug-likeness (QED) is 0.576. The van der Waals surface area contributed by atoms with E-state index in [1.807, 2.05) is 0 Å². The van der Waals surface area contributed by atoms with Crippen LogP contribution in [0.2, 0.25) is 0 Å². The largest absolute Gasteiger partial charge is 0.330 e. The second kappa shape index (κ2) is 7.24. The third-order valence-electron chi connectivity index (χ3n) is 3.01. The molecule has 0 atom stereocenters. The molecule has 1 aliphatic carbocycles. The van der Waals surface area contributed by atoms with Gasteiger partial charge < -0.3 is 10.6 Å². The van der Waals surface area contributed by atoms with E-state index in [0.29, 0.717) is 0 Å². The van der Waals surface area contributed by atoms with Gasteiger partial charge in [-0.3, -0.25) is 0 Å². The molecule has 0 saturated heterocycles. The molecule has 14 heavy (non-hydrogen) atoms. The topological polar surface area (TPSA) is 29.3 Å². The van der Waals surface area contributed by atoms with Gasteiger partial charge in [0.2, 0.25) is 0 Å². The Morgan fingerprint density at radius 1 is 1.07 bits per heavy atom. The number of rotatable bonds is 9. The third kappa shape index (κ3) is 4.97. The Morgan fingerprint density at radius 2 is 1.79 bits per heavy atom. The van der Waals surface area contributed by atoms with Gasteiger partial charge in [-0.15, -0.1) is 0 Å². The van der Waals surface area contributed by atoms with Crippen molar-refractivity contribution < 1.29 is 0 Å². The summed E-state index contributed by atoms with van der Waals surface area (Å²) in [6, 6.07) is 0.920. The van der Waals surface area contributed by atoms with E-state index in [0.717, 1.165) is 12.6 Å². The van der Waals surface area contributed by atoms with Crippen molar-refractivity contribution in [3.63, 3.8) is 0 Å². The number of nitrogens with zero attached hydrogens (tertiary/aromatic N) is 1. The Morgan fingerprint density at radius 3 is 2.36 bits per heavy atom. The van der Waals surface area contributed by atoms with Crippen molar-refractivity contribution in [3.8, 4) is 0 Å². The first-order chi connectivity index (χ1) is 6.88. The van der Waals surface area contributed by atoms with Gasteiger partial charge in [0.25, 0.3) is 0 Å². The fourth-order valence-electron chi connectivity index (χ4n) is 1.95. The van der Waals surface area contributed by atoms with Crippen LogP contribution in [0.3, 0.4) is 0 Å². The van der Waals surface area contributed by atoms with Crippen molar-refractivity contribution in [2.75, 3.05) is 19.6 Å². The summed E-state index contributed by atoms with van der Waals surface area (Å²) in [5.41, 5.74) is 5.55. The Bertz CT molecular complexity index is 132. The summed E-state index contributed by atoms with van der Waals surface area (Å²) in [4.78, 5) is 2.66. The molecule has 0 unspecified atom stereocenters. The third-order valence-corrected chi connectivity index (χ3v) is 3.01. The van der Waals surface area contributed by atoms with Gasteiger partial charge >= 0.3 is 0 Å². The van der Waals surface area contributed by atoms with Gasteiger partial charge in [0.1, 0.15) is 0 Å². The molecule has 2 nitrogen and oxygen atoms in total. The van der Waals surface area contributed by atoms with Gasteiger partial charge in [-0.05, 0) is 45.3 Å². The number of hydrogen-bond acceptors (Lipinski definition) is 2. The number of nitrogens with two attached hydrogens (primary N) is 1. The SMILES string of the molecule is CCCCCCN(CCCN)C1CC1. The fourth-order valence-corrected chi connectivity index (χ4v) is 1.95. The molecule has 1 aliphatic rings. The molecule has 1 rings (SSSR count). The maximum absolute atomic E-state index is 5.55. The predicted octanol–water partition coefficient (Wildman–Crippen LogP) is 2.38. The lowest BCUT2D eigenvalue weighted by molar-refractivity contribution is 0.255. The highest BCUT2D eigenvalue weighted by Gasteiger charge is 2.27. The molecule has 0 aromatic heterocycles. The Hall–Kier alpha value is -0.0800. The van der Waals surface area contributed by atoms with Crippen molar-refractivity contribution in [1.29, 1.82) is 0 Å². The van der Waals surface area contributed by atoms with E-state index in [1.165, 1.54) is 58.0 Å². The number of hydrogen-bond donors (Lipinski definition) is 1. The van der Waals surface area contributed by atoms with Crippen LogP contribution < -0.4 is 5.73 Å². The van der Waals surface area contributed by atoms with Gasteiger partial charge in [0.05, 0.1) is 0 Å². The summed E-state index contributed by atoms with van der Waals surface area (Å²) in [5, 5.41) is 0. The summed E-state index contributed by atoms with van der Waals surface area (Å²) in [5.74, 6) is 0. The first-order valence-electron chi connectivity index (χ1n) is 6.32. The van der Waals surface area contributed by atoms with E-state index in [9.17, 15) is 0 Å². The highest BCUT2D eigenvalue weighted by atomic mass is 15.2. The Balaban J connectivity index is 2.02. The molecule has 0 aromatic carbocycles. The van der Waals surface area contributed by atoms with E-state index >= 15 is 0 Å². The van der Waals surface area contributed by atoms with Gasteiger partial charge in [-0.2, -0.15) is 0 Å². The standard InChI is InChI=1S/C12H26N2/c1-2-3-4-5-10-14(11-6-9-13)12-7-8-12/h12H,2-11,13H2,1H3. The van der Waals surface area contributed by atoms with E-state index < -0.39 is 0 Å². The maximum atomic E-state index is 5.55. The second-order valence-electron chi connectivity index (χ2n) is 4.47. The van der Waals surface area contributed by atoms with Crippen molar-refractivity contribution in [2.24, 2.45) is 5.73 Å². The minimum Gasteiger partial charge on any atom is -0.330 e. The van der Waals surface area contributed by atoms with E-state index in [1.54, 1.807) is 0 Å². The molecule has 0 aromatic rings. The Labute approximate surface area is 88.8 Å². The van der Waals surface area contributed by atoms with Gasteiger partial charge in [-0.25, -0.2) is 0 Å². The molecule has 0 heterocycles. The zero-order valence-electron chi connectivity index (χ0n) is 9.67. The van der Waals surface area contributed by atoms with Crippen LogP contribution in [0.25, 0.3) is 0 Å². The summed E-state index contributed by atoms with van der Waals surface area (Å²) in [7, 11) is 0. The fraction of sp³-hybridized carbons (Fsp3) is 1.00. The van der Waals surface area contributed by atoms with E-state index in [4.69, 9.17) is 5.73 Å². The number of unbranched alkanes of at least 4 members (excludes halogenated alkanes) is 3. The maximum Gasteiger partial charge on any atom is 0.00964 e. The zero-order valence-corrected chi connectivity index (χ0v) is 9.67. The Kier molecular flexibility index (Phi) is 6.20. The highest BCUT2D eigenvalue weighted by molar-refractivity contribution is 4.84. The summed E-state index contributed by atoms with van der Waals surface area (Å²) < 4.78 is 0. The van der Waals surface area contributed by atoms with Gasteiger partial charge in [0, 0.05) is 6.04 Å². The molecule has 0 aliphatic heterocycles. The summed E-state index contributed by atoms with van der Waals surface area (Å²) in [6.07, 6.45) is 9.56. The average Bonchev–Trinajstić information content (AvgIpc) is 3.00. The monoisotopic (exact) mass is 198 g/mol. The lowest BCUT2D eigenvalue weighted by Crippen LogP contribution is -2.29. The highest BCUT2D eigenvalue weighted by Crippen LogP contribution is 2.27. The first-order valence-corrected chi connectivity index (χ1v) is 6.32. The van der Waals surface area contributed by atoms with Crippen LogP contribution in [0.4, 0.5) is 0 Å². The summed E-state index contributed by atoms with van der Waals surface area (Å²) in [6.45, 7) is 5.66. The molecule has 2 N–H and O–H groups in total. The predicted molar refractivity (Wildman–Crippen MR) is 62.4 cm³/mol. The lowest BCUT2D eigenvalue weighted by Gasteiger charge is -2.21. The van der Waals surface area contributed by atoms with E-state index in [2.05, 4.69) is 11.8 Å². The minimum absolute atomic E-state index is 0.845. The second-order valence-corrected chi connectivity index (χ2v) is 4.47. The van der Waals surface area contributed by atoms with Crippen LogP contribution in [0, 0.1) is 0 Å². The van der Waals surface area contributed by atoms with Gasteiger partial charge in [0.15, 0.2) is 0 Å². The summed E-state index contributed by atoms with van der Waals surface area (Å²) >= 11 is 0. The van der Waals surface area contributed by atoms with Crippen LogP contribution in [-0.4, -0.2) is 30.6 Å². The zero-order chi connectivity index (χ0) is 10.2. The molecule has 1 fully saturated rings. The van der Waals surface area contributed by atoms with Crippen LogP contribution >= 0.6 is 0 Å². The molecule has 0 spiro atoms. The molecular formula is C12H26N2. The molecule has 0 radical (unpaired) electrons. The van der Waals surface area contributed by atoms with E-state index in [-0.39, 0.29) is 0 Å². The first kappa shape index (κ1) is 12.0. The molecule has 0 bridgehead atoms. The lowest BCUT2D eigenvalue weighted by atomic mass is 10.2. The van der Waals surface area contributed by atoms with Crippen LogP contribution in [0.15, 0.2) is 0 Å². The van der Waals surface area contributed by atoms with Crippen LogP contribution in [0.5, 0.6) is 0 Å². The normalized spacial score (nSPS) is 16.5. The van der Waals surface area contributed by atoms with Gasteiger partial charge in [-0.1, -0.05) is 26.2 Å². The van der Waals surface area contributed by atoms with Crippen molar-refractivity contribution in [3.05, 3.63) is 0 Å². The molecule has 84 valence electrons. The smallest absolute Gasteiger partial charge is 0.00964 e. The van der Waals surface area contributed by atoms with Crippen molar-refractivity contribution in [2.45, 2.75) is 57.9 Å². The molecule has 2 heteroatoms.